The zero-order valence-electron chi connectivity index (χ0n) is 15.1. The minimum atomic E-state index is 0.151. The van der Waals surface area contributed by atoms with Gasteiger partial charge in [0.1, 0.15) is 17.3 Å². The third-order valence-electron chi connectivity index (χ3n) is 3.50. The molecule has 2 aromatic carbocycles. The second kappa shape index (κ2) is 8.20. The van der Waals surface area contributed by atoms with Crippen molar-refractivity contribution in [3.8, 4) is 11.5 Å². The van der Waals surface area contributed by atoms with Crippen LogP contribution in [-0.4, -0.2) is 23.2 Å². The van der Waals surface area contributed by atoms with E-state index in [1.54, 1.807) is 13.3 Å². The van der Waals surface area contributed by atoms with E-state index in [1.165, 1.54) is 0 Å². The maximum Gasteiger partial charge on any atom is 0.229 e. The predicted molar refractivity (Wildman–Crippen MR) is 104 cm³/mol. The van der Waals surface area contributed by atoms with Crippen molar-refractivity contribution in [1.29, 1.82) is 0 Å². The van der Waals surface area contributed by atoms with Gasteiger partial charge in [0.05, 0.1) is 13.2 Å². The van der Waals surface area contributed by atoms with E-state index in [2.05, 4.69) is 20.6 Å². The van der Waals surface area contributed by atoms with Crippen LogP contribution in [0.25, 0.3) is 0 Å². The molecule has 0 radical (unpaired) electrons. The number of rotatable bonds is 7. The lowest BCUT2D eigenvalue weighted by Crippen LogP contribution is -2.05. The van der Waals surface area contributed by atoms with Gasteiger partial charge in [0.25, 0.3) is 0 Å². The second-order valence-corrected chi connectivity index (χ2v) is 5.93. The molecule has 1 aromatic heterocycles. The summed E-state index contributed by atoms with van der Waals surface area (Å²) >= 11 is 0. The summed E-state index contributed by atoms with van der Waals surface area (Å²) < 4.78 is 10.8. The third-order valence-corrected chi connectivity index (χ3v) is 3.50. The highest BCUT2D eigenvalue weighted by molar-refractivity contribution is 5.60. The summed E-state index contributed by atoms with van der Waals surface area (Å²) in [7, 11) is 1.65. The van der Waals surface area contributed by atoms with E-state index in [4.69, 9.17) is 9.47 Å². The monoisotopic (exact) mass is 350 g/mol. The molecule has 0 fully saturated rings. The first-order chi connectivity index (χ1) is 12.6. The third kappa shape index (κ3) is 4.86. The Labute approximate surface area is 153 Å². The van der Waals surface area contributed by atoms with Gasteiger partial charge >= 0.3 is 0 Å². The highest BCUT2D eigenvalue weighted by Crippen LogP contribution is 2.21. The van der Waals surface area contributed by atoms with Gasteiger partial charge in [0.15, 0.2) is 0 Å². The molecule has 3 aromatic rings. The lowest BCUT2D eigenvalue weighted by Gasteiger charge is -2.11. The molecule has 1 heterocycles. The van der Waals surface area contributed by atoms with Gasteiger partial charge in [-0.2, -0.15) is 4.98 Å². The molecule has 26 heavy (non-hydrogen) atoms. The second-order valence-electron chi connectivity index (χ2n) is 5.93. The first kappa shape index (κ1) is 17.5. The predicted octanol–water partition coefficient (Wildman–Crippen LogP) is 4.76. The van der Waals surface area contributed by atoms with Crippen molar-refractivity contribution in [1.82, 2.24) is 9.97 Å². The number of benzene rings is 2. The van der Waals surface area contributed by atoms with Crippen LogP contribution < -0.4 is 20.1 Å². The maximum atomic E-state index is 5.64. The number of aromatic nitrogens is 2. The summed E-state index contributed by atoms with van der Waals surface area (Å²) in [5.41, 5.74) is 1.81. The van der Waals surface area contributed by atoms with Gasteiger partial charge in [-0.25, -0.2) is 4.98 Å². The summed E-state index contributed by atoms with van der Waals surface area (Å²) in [5, 5.41) is 6.44. The fourth-order valence-corrected chi connectivity index (χ4v) is 2.33. The number of hydrogen-bond donors (Lipinski definition) is 2. The topological polar surface area (TPSA) is 68.3 Å². The summed E-state index contributed by atoms with van der Waals surface area (Å²) in [4.78, 5) is 8.74. The Balaban J connectivity index is 1.66. The fraction of sp³-hybridized carbons (Fsp3) is 0.200. The molecule has 0 aliphatic heterocycles. The minimum Gasteiger partial charge on any atom is -0.497 e. The molecule has 0 atom stereocenters. The van der Waals surface area contributed by atoms with Crippen molar-refractivity contribution in [2.24, 2.45) is 0 Å². The average Bonchev–Trinajstić information content (AvgIpc) is 2.64. The number of nitrogens with one attached hydrogen (secondary N) is 2. The molecular formula is C20H22N4O2. The minimum absolute atomic E-state index is 0.151. The molecule has 6 nitrogen and oxygen atoms in total. The Morgan fingerprint density at radius 2 is 1.42 bits per heavy atom. The maximum absolute atomic E-state index is 5.64. The van der Waals surface area contributed by atoms with Gasteiger partial charge in [-0.1, -0.05) is 0 Å². The Hall–Kier alpha value is -3.28. The largest absolute Gasteiger partial charge is 0.497 e. The van der Waals surface area contributed by atoms with Crippen molar-refractivity contribution < 1.29 is 9.47 Å². The van der Waals surface area contributed by atoms with Crippen molar-refractivity contribution in [3.63, 3.8) is 0 Å². The van der Waals surface area contributed by atoms with Gasteiger partial charge in [-0.15, -0.1) is 0 Å². The zero-order chi connectivity index (χ0) is 18.4. The molecule has 0 saturated heterocycles. The van der Waals surface area contributed by atoms with Crippen LogP contribution in [0.2, 0.25) is 0 Å². The summed E-state index contributed by atoms with van der Waals surface area (Å²) in [6.07, 6.45) is 1.86. The smallest absolute Gasteiger partial charge is 0.229 e. The van der Waals surface area contributed by atoms with Crippen LogP contribution in [-0.2, 0) is 0 Å². The Morgan fingerprint density at radius 3 is 2.04 bits per heavy atom. The molecule has 0 unspecified atom stereocenters. The molecule has 0 spiro atoms. The van der Waals surface area contributed by atoms with Crippen molar-refractivity contribution in [2.45, 2.75) is 20.0 Å². The van der Waals surface area contributed by atoms with E-state index in [9.17, 15) is 0 Å². The highest BCUT2D eigenvalue weighted by Gasteiger charge is 2.03. The Kier molecular flexibility index (Phi) is 5.53. The van der Waals surface area contributed by atoms with E-state index < -0.39 is 0 Å². The highest BCUT2D eigenvalue weighted by atomic mass is 16.5. The van der Waals surface area contributed by atoms with E-state index in [-0.39, 0.29) is 6.10 Å². The van der Waals surface area contributed by atoms with Crippen molar-refractivity contribution >= 4 is 23.1 Å². The average molecular weight is 350 g/mol. The van der Waals surface area contributed by atoms with Crippen molar-refractivity contribution in [3.05, 3.63) is 60.8 Å². The molecule has 0 saturated carbocycles. The molecule has 134 valence electrons. The quantitative estimate of drug-likeness (QED) is 0.640. The first-order valence-corrected chi connectivity index (χ1v) is 8.40. The van der Waals surface area contributed by atoms with E-state index in [0.29, 0.717) is 11.8 Å². The molecule has 6 heteroatoms. The number of anilines is 4. The van der Waals surface area contributed by atoms with Crippen LogP contribution >= 0.6 is 0 Å². The lowest BCUT2D eigenvalue weighted by molar-refractivity contribution is 0.242. The van der Waals surface area contributed by atoms with E-state index in [1.807, 2.05) is 68.4 Å². The van der Waals surface area contributed by atoms with Crippen LogP contribution in [0.1, 0.15) is 13.8 Å². The number of methoxy groups -OCH3 is 1. The molecule has 0 aliphatic carbocycles. The molecular weight excluding hydrogens is 328 g/mol. The molecule has 3 rings (SSSR count). The normalized spacial score (nSPS) is 10.5. The standard InChI is InChI=1S/C20H22N4O2/c1-14(2)26-18-10-6-16(7-11-18)23-20-21-13-12-19(24-20)22-15-4-8-17(25-3)9-5-15/h4-14H,1-3H3,(H2,21,22,23,24). The summed E-state index contributed by atoms with van der Waals surface area (Å²) in [5.74, 6) is 2.86. The summed E-state index contributed by atoms with van der Waals surface area (Å²) in [6, 6.07) is 17.2. The Bertz CT molecular complexity index is 833. The number of nitrogens with zero attached hydrogens (tertiary/aromatic N) is 2. The van der Waals surface area contributed by atoms with Crippen LogP contribution in [0.3, 0.4) is 0 Å². The lowest BCUT2D eigenvalue weighted by atomic mass is 10.3. The molecule has 0 aliphatic rings. The molecule has 0 bridgehead atoms. The molecule has 2 N–H and O–H groups in total. The van der Waals surface area contributed by atoms with Gasteiger partial charge in [0, 0.05) is 17.6 Å². The Morgan fingerprint density at radius 1 is 0.808 bits per heavy atom. The number of hydrogen-bond acceptors (Lipinski definition) is 6. The number of ether oxygens (including phenoxy) is 2. The van der Waals surface area contributed by atoms with Crippen LogP contribution in [0, 0.1) is 0 Å². The van der Waals surface area contributed by atoms with Crippen molar-refractivity contribution in [2.75, 3.05) is 17.7 Å². The van der Waals surface area contributed by atoms with Gasteiger partial charge in [0.2, 0.25) is 5.95 Å². The van der Waals surface area contributed by atoms with Gasteiger partial charge < -0.3 is 20.1 Å². The SMILES string of the molecule is COc1ccc(Nc2ccnc(Nc3ccc(OC(C)C)cc3)n2)cc1. The first-order valence-electron chi connectivity index (χ1n) is 8.40. The van der Waals surface area contributed by atoms with E-state index >= 15 is 0 Å². The van der Waals surface area contributed by atoms with Gasteiger partial charge in [-0.3, -0.25) is 0 Å². The van der Waals surface area contributed by atoms with Crippen LogP contribution in [0.4, 0.5) is 23.1 Å². The summed E-state index contributed by atoms with van der Waals surface area (Å²) in [6.45, 7) is 4.00. The molecule has 0 amide bonds. The van der Waals surface area contributed by atoms with E-state index in [0.717, 1.165) is 22.9 Å². The van der Waals surface area contributed by atoms with Gasteiger partial charge in [-0.05, 0) is 68.4 Å². The van der Waals surface area contributed by atoms with Crippen LogP contribution in [0.5, 0.6) is 11.5 Å². The van der Waals surface area contributed by atoms with Crippen LogP contribution in [0.15, 0.2) is 60.8 Å². The fourth-order valence-electron chi connectivity index (χ4n) is 2.33. The zero-order valence-corrected chi connectivity index (χ0v) is 15.1.